The van der Waals surface area contributed by atoms with Gasteiger partial charge >= 0.3 is 12.2 Å². The van der Waals surface area contributed by atoms with Crippen LogP contribution in [0.3, 0.4) is 0 Å². The van der Waals surface area contributed by atoms with E-state index in [4.69, 9.17) is 18.9 Å². The van der Waals surface area contributed by atoms with Gasteiger partial charge < -0.3 is 29.6 Å². The molecule has 2 N–H and O–H groups in total. The summed E-state index contributed by atoms with van der Waals surface area (Å²) in [5, 5.41) is 4.91. The molecule has 0 aliphatic carbocycles. The van der Waals surface area contributed by atoms with Gasteiger partial charge in [0.1, 0.15) is 13.2 Å². The SMILES string of the molecule is COCCOC(=O)NCCNC(=O)OCCOC. The smallest absolute Gasteiger partial charge is 0.407 e. The average Bonchev–Trinajstić information content (AvgIpc) is 2.35. The minimum atomic E-state index is -0.554. The Morgan fingerprint density at radius 3 is 1.50 bits per heavy atom. The molecule has 0 radical (unpaired) electrons. The highest BCUT2D eigenvalue weighted by Crippen LogP contribution is 1.79. The highest BCUT2D eigenvalue weighted by atomic mass is 16.6. The van der Waals surface area contributed by atoms with Crippen LogP contribution in [0.4, 0.5) is 9.59 Å². The maximum Gasteiger partial charge on any atom is 0.407 e. The van der Waals surface area contributed by atoms with E-state index in [-0.39, 0.29) is 26.3 Å². The van der Waals surface area contributed by atoms with E-state index in [0.717, 1.165) is 0 Å². The Morgan fingerprint density at radius 1 is 0.778 bits per heavy atom. The summed E-state index contributed by atoms with van der Waals surface area (Å²) in [4.78, 5) is 22.0. The monoisotopic (exact) mass is 264 g/mol. The summed E-state index contributed by atoms with van der Waals surface area (Å²) in [6.07, 6.45) is -1.11. The zero-order valence-corrected chi connectivity index (χ0v) is 10.7. The molecule has 0 saturated carbocycles. The second-order valence-electron chi connectivity index (χ2n) is 3.11. The number of rotatable bonds is 9. The van der Waals surface area contributed by atoms with E-state index >= 15 is 0 Å². The summed E-state index contributed by atoms with van der Waals surface area (Å²) in [7, 11) is 3.03. The number of hydrogen-bond donors (Lipinski definition) is 2. The van der Waals surface area contributed by atoms with E-state index in [1.165, 1.54) is 14.2 Å². The zero-order valence-electron chi connectivity index (χ0n) is 10.7. The first-order valence-corrected chi connectivity index (χ1v) is 5.49. The summed E-state index contributed by atoms with van der Waals surface area (Å²) in [6.45, 7) is 1.58. The van der Waals surface area contributed by atoms with E-state index in [0.29, 0.717) is 13.2 Å². The Hall–Kier alpha value is -1.54. The number of nitrogens with one attached hydrogen (secondary N) is 2. The van der Waals surface area contributed by atoms with Gasteiger partial charge in [-0.3, -0.25) is 0 Å². The minimum absolute atomic E-state index is 0.189. The standard InChI is InChI=1S/C10H20N2O6/c1-15-5-7-17-9(13)11-3-4-12-10(14)18-8-6-16-2/h3-8H2,1-2H3,(H,11,13)(H,12,14). The molecule has 0 spiro atoms. The van der Waals surface area contributed by atoms with E-state index < -0.39 is 12.2 Å². The Kier molecular flexibility index (Phi) is 10.9. The lowest BCUT2D eigenvalue weighted by Gasteiger charge is -2.08. The molecule has 0 aromatic heterocycles. The molecule has 106 valence electrons. The molecule has 0 aromatic carbocycles. The van der Waals surface area contributed by atoms with Crippen molar-refractivity contribution in [1.82, 2.24) is 10.6 Å². The van der Waals surface area contributed by atoms with Crippen LogP contribution in [0, 0.1) is 0 Å². The number of carbonyl (C=O) groups excluding carboxylic acids is 2. The van der Waals surface area contributed by atoms with Crippen molar-refractivity contribution in [3.8, 4) is 0 Å². The first-order chi connectivity index (χ1) is 8.70. The maximum atomic E-state index is 11.0. The molecular weight excluding hydrogens is 244 g/mol. The summed E-state index contributed by atoms with van der Waals surface area (Å²) < 4.78 is 18.9. The molecule has 18 heavy (non-hydrogen) atoms. The second-order valence-corrected chi connectivity index (χ2v) is 3.11. The molecule has 2 amide bonds. The number of alkyl carbamates (subject to hydrolysis) is 2. The summed E-state index contributed by atoms with van der Waals surface area (Å²) in [5.74, 6) is 0. The summed E-state index contributed by atoms with van der Waals surface area (Å²) in [6, 6.07) is 0. The minimum Gasteiger partial charge on any atom is -0.447 e. The second kappa shape index (κ2) is 11.9. The predicted octanol–water partition coefficient (Wildman–Crippen LogP) is -0.268. The number of hydrogen-bond acceptors (Lipinski definition) is 6. The molecule has 0 heterocycles. The van der Waals surface area contributed by atoms with Crippen LogP contribution in [-0.2, 0) is 18.9 Å². The lowest BCUT2D eigenvalue weighted by molar-refractivity contribution is 0.0960. The van der Waals surface area contributed by atoms with Gasteiger partial charge in [-0.05, 0) is 0 Å². The first kappa shape index (κ1) is 16.5. The number of ether oxygens (including phenoxy) is 4. The van der Waals surface area contributed by atoms with Gasteiger partial charge in [0.2, 0.25) is 0 Å². The fourth-order valence-electron chi connectivity index (χ4n) is 0.867. The molecule has 0 aliphatic rings. The van der Waals surface area contributed by atoms with Crippen LogP contribution in [0.1, 0.15) is 0 Å². The molecule has 0 bridgehead atoms. The van der Waals surface area contributed by atoms with Gasteiger partial charge in [-0.2, -0.15) is 0 Å². The zero-order chi connectivity index (χ0) is 13.6. The first-order valence-electron chi connectivity index (χ1n) is 5.49. The Labute approximate surface area is 106 Å². The van der Waals surface area contributed by atoms with Crippen LogP contribution >= 0.6 is 0 Å². The Balaban J connectivity index is 3.32. The molecule has 0 aliphatic heterocycles. The van der Waals surface area contributed by atoms with E-state index in [1.807, 2.05) is 0 Å². The number of carbonyl (C=O) groups is 2. The Morgan fingerprint density at radius 2 is 1.17 bits per heavy atom. The molecule has 8 heteroatoms. The fraction of sp³-hybridized carbons (Fsp3) is 0.800. The van der Waals surface area contributed by atoms with Gasteiger partial charge in [0.15, 0.2) is 0 Å². The van der Waals surface area contributed by atoms with E-state index in [9.17, 15) is 9.59 Å². The predicted molar refractivity (Wildman–Crippen MR) is 62.5 cm³/mol. The van der Waals surface area contributed by atoms with E-state index in [2.05, 4.69) is 10.6 Å². The lowest BCUT2D eigenvalue weighted by Crippen LogP contribution is -2.35. The van der Waals surface area contributed by atoms with Gasteiger partial charge in [-0.25, -0.2) is 9.59 Å². The molecule has 8 nitrogen and oxygen atoms in total. The van der Waals surface area contributed by atoms with Crippen molar-refractivity contribution in [2.75, 3.05) is 53.7 Å². The van der Waals surface area contributed by atoms with Crippen molar-refractivity contribution in [3.63, 3.8) is 0 Å². The van der Waals surface area contributed by atoms with Crippen molar-refractivity contribution >= 4 is 12.2 Å². The van der Waals surface area contributed by atoms with Crippen LogP contribution in [0.15, 0.2) is 0 Å². The number of amides is 2. The highest BCUT2D eigenvalue weighted by molar-refractivity contribution is 5.68. The fourth-order valence-corrected chi connectivity index (χ4v) is 0.867. The third-order valence-corrected chi connectivity index (χ3v) is 1.70. The summed E-state index contributed by atoms with van der Waals surface area (Å²) >= 11 is 0. The van der Waals surface area contributed by atoms with Crippen molar-refractivity contribution in [3.05, 3.63) is 0 Å². The number of methoxy groups -OCH3 is 2. The molecule has 0 atom stereocenters. The van der Waals surface area contributed by atoms with Crippen LogP contribution in [0.2, 0.25) is 0 Å². The van der Waals surface area contributed by atoms with Crippen LogP contribution in [-0.4, -0.2) is 65.9 Å². The average molecular weight is 264 g/mol. The highest BCUT2D eigenvalue weighted by Gasteiger charge is 2.02. The van der Waals surface area contributed by atoms with E-state index in [1.54, 1.807) is 0 Å². The Bertz CT molecular complexity index is 212. The molecule has 0 saturated heterocycles. The van der Waals surface area contributed by atoms with Crippen molar-refractivity contribution in [2.24, 2.45) is 0 Å². The van der Waals surface area contributed by atoms with Gasteiger partial charge in [-0.15, -0.1) is 0 Å². The van der Waals surface area contributed by atoms with Crippen LogP contribution in [0.25, 0.3) is 0 Å². The van der Waals surface area contributed by atoms with Crippen LogP contribution in [0.5, 0.6) is 0 Å². The molecular formula is C10H20N2O6. The normalized spacial score (nSPS) is 9.67. The van der Waals surface area contributed by atoms with Gasteiger partial charge in [-0.1, -0.05) is 0 Å². The maximum absolute atomic E-state index is 11.0. The largest absolute Gasteiger partial charge is 0.447 e. The molecule has 0 aromatic rings. The van der Waals surface area contributed by atoms with Crippen molar-refractivity contribution < 1.29 is 28.5 Å². The lowest BCUT2D eigenvalue weighted by atomic mass is 10.6. The van der Waals surface area contributed by atoms with Gasteiger partial charge in [0.05, 0.1) is 13.2 Å². The quantitative estimate of drug-likeness (QED) is 0.557. The van der Waals surface area contributed by atoms with Gasteiger partial charge in [0, 0.05) is 27.3 Å². The molecule has 0 rings (SSSR count). The topological polar surface area (TPSA) is 95.1 Å². The van der Waals surface area contributed by atoms with Gasteiger partial charge in [0.25, 0.3) is 0 Å². The van der Waals surface area contributed by atoms with Crippen molar-refractivity contribution in [1.29, 1.82) is 0 Å². The molecule has 0 fully saturated rings. The molecule has 0 unspecified atom stereocenters. The third-order valence-electron chi connectivity index (χ3n) is 1.70. The third kappa shape index (κ3) is 11.0. The van der Waals surface area contributed by atoms with Crippen LogP contribution < -0.4 is 10.6 Å². The van der Waals surface area contributed by atoms with Crippen molar-refractivity contribution in [2.45, 2.75) is 0 Å². The summed E-state index contributed by atoms with van der Waals surface area (Å²) in [5.41, 5.74) is 0.